The normalized spacial score (nSPS) is 13.8. The minimum Gasteiger partial charge on any atom is -0.493 e. The smallest absolute Gasteiger partial charge is 0.239 e. The first kappa shape index (κ1) is 47.4. The van der Waals surface area contributed by atoms with Crippen LogP contribution in [0.4, 0.5) is 5.69 Å². The second kappa shape index (κ2) is 30.8. The molecule has 11 heteroatoms. The van der Waals surface area contributed by atoms with Crippen molar-refractivity contribution < 1.29 is 24.3 Å². The van der Waals surface area contributed by atoms with Crippen molar-refractivity contribution in [1.29, 1.82) is 0 Å². The third-order valence-corrected chi connectivity index (χ3v) is 8.68. The van der Waals surface area contributed by atoms with E-state index in [-0.39, 0.29) is 18.4 Å². The zero-order valence-electron chi connectivity index (χ0n) is 33.2. The number of aromatic nitrogens is 1. The Morgan fingerprint density at radius 3 is 2.30 bits per heavy atom. The van der Waals surface area contributed by atoms with Crippen LogP contribution in [0.5, 0.6) is 5.75 Å². The number of hydrogen-bond acceptors (Lipinski definition) is 8. The number of carbonyl (C=O) groups is 2. The molecule has 3 aromatic rings. The van der Waals surface area contributed by atoms with E-state index in [1.165, 1.54) is 73.8 Å². The lowest BCUT2D eigenvalue weighted by atomic mass is 10.0. The van der Waals surface area contributed by atoms with Crippen LogP contribution in [0.1, 0.15) is 91.0 Å². The Balaban J connectivity index is 0.000000391. The fraction of sp³-hybridized carbons (Fsp3) is 0.571. The lowest BCUT2D eigenvalue weighted by Gasteiger charge is -2.29. The molecule has 1 aliphatic carbocycles. The second-order valence-electron chi connectivity index (χ2n) is 13.0. The summed E-state index contributed by atoms with van der Waals surface area (Å²) in [5, 5.41) is 16.9. The highest BCUT2D eigenvalue weighted by Gasteiger charge is 2.13. The number of carbonyl (C=O) groups excluding carboxylic acids is 2. The lowest BCUT2D eigenvalue weighted by molar-refractivity contribution is -0.125. The number of morpholine rings is 1. The van der Waals surface area contributed by atoms with Gasteiger partial charge >= 0.3 is 0 Å². The van der Waals surface area contributed by atoms with Crippen LogP contribution < -0.4 is 20.3 Å². The molecule has 0 unspecified atom stereocenters. The molecule has 53 heavy (non-hydrogen) atoms. The summed E-state index contributed by atoms with van der Waals surface area (Å²) in [5.41, 5.74) is 3.60. The molecule has 1 aliphatic heterocycles. The fourth-order valence-electron chi connectivity index (χ4n) is 5.47. The van der Waals surface area contributed by atoms with Gasteiger partial charge in [-0.25, -0.2) is 0 Å². The highest BCUT2D eigenvalue weighted by atomic mass is 32.1. The minimum atomic E-state index is -0.189. The predicted octanol–water partition coefficient (Wildman–Crippen LogP) is 8.55. The Kier molecular flexibility index (Phi) is 27.5. The van der Waals surface area contributed by atoms with Gasteiger partial charge in [0.1, 0.15) is 5.75 Å². The fourth-order valence-corrected chi connectivity index (χ4v) is 5.69. The zero-order chi connectivity index (χ0) is 39.1. The van der Waals surface area contributed by atoms with Crippen molar-refractivity contribution in [1.82, 2.24) is 20.7 Å². The Labute approximate surface area is 325 Å². The van der Waals surface area contributed by atoms with Crippen LogP contribution >= 0.6 is 12.6 Å². The van der Waals surface area contributed by atoms with Crippen LogP contribution in [-0.4, -0.2) is 85.4 Å². The highest BCUT2D eigenvalue weighted by molar-refractivity contribution is 7.80. The summed E-state index contributed by atoms with van der Waals surface area (Å²) in [7, 11) is 0. The molecule has 0 radical (unpaired) electrons. The number of benzene rings is 2. The van der Waals surface area contributed by atoms with Gasteiger partial charge in [0.05, 0.1) is 26.4 Å². The summed E-state index contributed by atoms with van der Waals surface area (Å²) in [6.07, 6.45) is 15.2. The van der Waals surface area contributed by atoms with Crippen LogP contribution in [0.25, 0.3) is 10.9 Å². The standard InChI is InChI=1S/C18H28N2O3.C8H16N2O2S.C8H7N.C6H12.C2H6/c1-4-20(21)14-15(2)5-8-23-18-12-16(3)11-17(13-18)19-6-9-22-10-7-19;1-7(11)10-6-8(12)9-4-2-3-5-13;1-2-4-8-7(3-1)5-6-9-8;1-2-4-6-5-3-1;1-2/h4,11-13,15,21H,1,5-10,14H2,2-3H3;13H,2-6H2,1H3,(H,9,12)(H,10,11);1-6,9H;1-6H2;1-2H3/t15-;;;;/m1..../s1. The summed E-state index contributed by atoms with van der Waals surface area (Å²) in [6, 6.07) is 16.6. The largest absolute Gasteiger partial charge is 0.493 e. The van der Waals surface area contributed by atoms with Crippen molar-refractivity contribution in [2.75, 3.05) is 63.2 Å². The van der Waals surface area contributed by atoms with Crippen molar-refractivity contribution in [3.8, 4) is 5.75 Å². The molecule has 1 saturated heterocycles. The molecule has 5 rings (SSSR count). The van der Waals surface area contributed by atoms with Crippen molar-refractivity contribution in [3.63, 3.8) is 0 Å². The summed E-state index contributed by atoms with van der Waals surface area (Å²) >= 11 is 4.04. The maximum atomic E-state index is 11.0. The molecule has 10 nitrogen and oxygen atoms in total. The average molecular weight is 756 g/mol. The van der Waals surface area contributed by atoms with Gasteiger partial charge in [0.15, 0.2) is 0 Å². The number of unbranched alkanes of at least 4 members (excludes halogenated alkanes) is 1. The van der Waals surface area contributed by atoms with Gasteiger partial charge in [-0.15, -0.1) is 0 Å². The molecule has 0 spiro atoms. The van der Waals surface area contributed by atoms with Crippen LogP contribution in [0.15, 0.2) is 67.5 Å². The number of nitrogens with zero attached hydrogens (tertiary/aromatic N) is 2. The molecule has 2 amide bonds. The lowest BCUT2D eigenvalue weighted by Crippen LogP contribution is -2.36. The number of thiol groups is 1. The number of fused-ring (bicyclic) bond motifs is 1. The van der Waals surface area contributed by atoms with Crippen LogP contribution in [-0.2, 0) is 14.3 Å². The number of rotatable bonds is 14. The van der Waals surface area contributed by atoms with E-state index in [1.54, 1.807) is 0 Å². The third kappa shape index (κ3) is 23.6. The number of nitrogens with one attached hydrogen (secondary N) is 3. The number of para-hydroxylation sites is 1. The van der Waals surface area contributed by atoms with Crippen LogP contribution in [0.3, 0.4) is 0 Å². The molecule has 0 bridgehead atoms. The molecular formula is C42H69N5O5S. The zero-order valence-corrected chi connectivity index (χ0v) is 34.1. The number of H-pyrrole nitrogens is 1. The third-order valence-electron chi connectivity index (χ3n) is 8.37. The molecule has 2 aliphatic rings. The van der Waals surface area contributed by atoms with E-state index in [0.29, 0.717) is 25.6 Å². The van der Waals surface area contributed by atoms with Gasteiger partial charge in [0.25, 0.3) is 0 Å². The average Bonchev–Trinajstić information content (AvgIpc) is 3.67. The Hall–Kier alpha value is -3.67. The van der Waals surface area contributed by atoms with E-state index < -0.39 is 0 Å². The highest BCUT2D eigenvalue weighted by Crippen LogP contribution is 2.25. The first-order valence-corrected chi connectivity index (χ1v) is 20.1. The molecule has 1 aromatic heterocycles. The van der Waals surface area contributed by atoms with E-state index in [9.17, 15) is 14.8 Å². The summed E-state index contributed by atoms with van der Waals surface area (Å²) < 4.78 is 11.3. The maximum absolute atomic E-state index is 11.0. The molecule has 4 N–H and O–H groups in total. The van der Waals surface area contributed by atoms with Crippen LogP contribution in [0.2, 0.25) is 0 Å². The maximum Gasteiger partial charge on any atom is 0.239 e. The number of hydrogen-bond donors (Lipinski definition) is 5. The van der Waals surface area contributed by atoms with E-state index in [1.807, 2.05) is 32.2 Å². The van der Waals surface area contributed by atoms with Crippen LogP contribution in [0, 0.1) is 12.8 Å². The van der Waals surface area contributed by atoms with E-state index in [2.05, 4.69) is 90.0 Å². The molecule has 1 saturated carbocycles. The number of aromatic amines is 1. The summed E-state index contributed by atoms with van der Waals surface area (Å²) in [4.78, 5) is 26.8. The van der Waals surface area contributed by atoms with E-state index in [4.69, 9.17) is 9.47 Å². The summed E-state index contributed by atoms with van der Waals surface area (Å²) in [6.45, 7) is 18.4. The van der Waals surface area contributed by atoms with Gasteiger partial charge in [-0.3, -0.25) is 19.9 Å². The molecule has 1 atom stereocenters. The Bertz CT molecular complexity index is 1340. The number of hydroxylamine groups is 2. The molecule has 2 heterocycles. The van der Waals surface area contributed by atoms with Gasteiger partial charge in [0.2, 0.25) is 11.8 Å². The van der Waals surface area contributed by atoms with Crippen molar-refractivity contribution >= 4 is 41.0 Å². The first-order valence-electron chi connectivity index (χ1n) is 19.5. The van der Waals surface area contributed by atoms with Gasteiger partial charge in [-0.1, -0.05) is 84.1 Å². The van der Waals surface area contributed by atoms with Gasteiger partial charge in [0, 0.05) is 62.8 Å². The van der Waals surface area contributed by atoms with Gasteiger partial charge in [-0.2, -0.15) is 12.6 Å². The summed E-state index contributed by atoms with van der Waals surface area (Å²) in [5.74, 6) is 1.74. The number of aryl methyl sites for hydroxylation is 1. The molecule has 2 aromatic carbocycles. The van der Waals surface area contributed by atoms with E-state index >= 15 is 0 Å². The van der Waals surface area contributed by atoms with Crippen molar-refractivity contribution in [2.24, 2.45) is 5.92 Å². The second-order valence-corrected chi connectivity index (χ2v) is 13.5. The predicted molar refractivity (Wildman–Crippen MR) is 224 cm³/mol. The SMILES string of the molecule is C1CCCCC1.C=CN(O)C[C@H](C)CCOc1cc(C)cc(N2CCOCC2)c1.CC.CC(=O)NCC(=O)NCCCCS.c1ccc2[nH]ccc2c1. The Morgan fingerprint density at radius 1 is 1.04 bits per heavy atom. The van der Waals surface area contributed by atoms with E-state index in [0.717, 1.165) is 62.1 Å². The van der Waals surface area contributed by atoms with Crippen molar-refractivity contribution in [3.05, 3.63) is 73.1 Å². The molecule has 298 valence electrons. The first-order chi connectivity index (χ1) is 25.7. The van der Waals surface area contributed by atoms with Crippen molar-refractivity contribution in [2.45, 2.75) is 92.4 Å². The molecular weight excluding hydrogens is 687 g/mol. The topological polar surface area (TPSA) is 119 Å². The van der Waals surface area contributed by atoms with Gasteiger partial charge < -0.3 is 30.0 Å². The van der Waals surface area contributed by atoms with Gasteiger partial charge in [-0.05, 0) is 73.1 Å². The number of amides is 2. The quantitative estimate of drug-likeness (QED) is 0.0636. The minimum absolute atomic E-state index is 0.0657. The number of anilines is 1. The number of ether oxygens (including phenoxy) is 2. The Morgan fingerprint density at radius 2 is 1.70 bits per heavy atom. The monoisotopic (exact) mass is 756 g/mol. The molecule has 2 fully saturated rings.